The van der Waals surface area contributed by atoms with Gasteiger partial charge in [-0.25, -0.2) is 0 Å². The maximum Gasteiger partial charge on any atom is 0.245 e. The summed E-state index contributed by atoms with van der Waals surface area (Å²) in [6, 6.07) is 8.20. The lowest BCUT2D eigenvalue weighted by molar-refractivity contribution is -0.142. The van der Waals surface area contributed by atoms with Gasteiger partial charge in [0.05, 0.1) is 6.54 Å². The Hall–Kier alpha value is -1.35. The predicted molar refractivity (Wildman–Crippen MR) is 120 cm³/mol. The van der Waals surface area contributed by atoms with E-state index in [1.807, 2.05) is 29.2 Å². The van der Waals surface area contributed by atoms with E-state index in [2.05, 4.69) is 27.5 Å². The minimum atomic E-state index is -0.407. The van der Waals surface area contributed by atoms with Gasteiger partial charge in [0.25, 0.3) is 0 Å². The Morgan fingerprint density at radius 1 is 1.10 bits per heavy atom. The van der Waals surface area contributed by atoms with Crippen LogP contribution in [-0.2, 0) is 9.59 Å². The van der Waals surface area contributed by atoms with Gasteiger partial charge in [0.15, 0.2) is 0 Å². The number of nitrogens with zero attached hydrogens (tertiary/aromatic N) is 3. The van der Waals surface area contributed by atoms with Crippen LogP contribution >= 0.6 is 22.6 Å². The zero-order valence-corrected chi connectivity index (χ0v) is 19.2. The highest BCUT2D eigenvalue weighted by atomic mass is 127. The maximum atomic E-state index is 13.3. The molecule has 2 aliphatic heterocycles. The zero-order valence-electron chi connectivity index (χ0n) is 17.1. The average molecular weight is 511 g/mol. The molecule has 1 aromatic rings. The van der Waals surface area contributed by atoms with Crippen molar-refractivity contribution < 1.29 is 14.3 Å². The Balaban J connectivity index is 1.40. The lowest BCUT2D eigenvalue weighted by atomic mass is 9.91. The highest BCUT2D eigenvalue weighted by molar-refractivity contribution is 14.1. The van der Waals surface area contributed by atoms with Gasteiger partial charge in [-0.05, 0) is 60.1 Å². The molecule has 0 aromatic heterocycles. The Kier molecular flexibility index (Phi) is 6.63. The monoisotopic (exact) mass is 511 g/mol. The van der Waals surface area contributed by atoms with E-state index in [1.165, 1.54) is 19.3 Å². The number of carbonyl (C=O) groups excluding carboxylic acids is 2. The highest BCUT2D eigenvalue weighted by Crippen LogP contribution is 2.28. The summed E-state index contributed by atoms with van der Waals surface area (Å²) >= 11 is 2.26. The quantitative estimate of drug-likeness (QED) is 0.584. The topological polar surface area (TPSA) is 53.1 Å². The van der Waals surface area contributed by atoms with Gasteiger partial charge in [-0.15, -0.1) is 0 Å². The van der Waals surface area contributed by atoms with Gasteiger partial charge in [0.2, 0.25) is 11.8 Å². The van der Waals surface area contributed by atoms with Crippen LogP contribution < -0.4 is 4.74 Å². The molecule has 29 heavy (non-hydrogen) atoms. The van der Waals surface area contributed by atoms with Crippen molar-refractivity contribution in [2.45, 2.75) is 57.2 Å². The smallest absolute Gasteiger partial charge is 0.245 e. The van der Waals surface area contributed by atoms with Gasteiger partial charge in [0.1, 0.15) is 17.9 Å². The summed E-state index contributed by atoms with van der Waals surface area (Å²) in [5, 5.41) is 0. The second-order valence-electron chi connectivity index (χ2n) is 8.42. The molecule has 2 heterocycles. The van der Waals surface area contributed by atoms with E-state index < -0.39 is 6.04 Å². The summed E-state index contributed by atoms with van der Waals surface area (Å²) < 4.78 is 7.23. The third-order valence-electron chi connectivity index (χ3n) is 6.48. The zero-order chi connectivity index (χ0) is 20.4. The van der Waals surface area contributed by atoms with Gasteiger partial charge < -0.3 is 14.5 Å². The normalized spacial score (nSPS) is 26.1. The van der Waals surface area contributed by atoms with Gasteiger partial charge in [-0.1, -0.05) is 12.5 Å². The molecule has 1 saturated carbocycles. The number of hydrogen-bond acceptors (Lipinski definition) is 4. The van der Waals surface area contributed by atoms with Crippen molar-refractivity contribution in [1.29, 1.82) is 0 Å². The van der Waals surface area contributed by atoms with Crippen molar-refractivity contribution in [1.82, 2.24) is 14.7 Å². The minimum Gasteiger partial charge on any atom is -0.488 e. The van der Waals surface area contributed by atoms with Crippen LogP contribution in [0.5, 0.6) is 5.75 Å². The van der Waals surface area contributed by atoms with E-state index in [9.17, 15) is 9.59 Å². The molecule has 4 rings (SSSR count). The SMILES string of the molecule is CC(=O)N1C[C@@H](Oc2cccc(I)c2)C[C@H]1C(=O)N1CCCN(C2CCC2)CC1. The molecule has 0 spiro atoms. The van der Waals surface area contributed by atoms with E-state index in [-0.39, 0.29) is 17.9 Å². The van der Waals surface area contributed by atoms with Gasteiger partial charge in [-0.3, -0.25) is 14.5 Å². The summed E-state index contributed by atoms with van der Waals surface area (Å²) in [6.07, 6.45) is 5.36. The number of carbonyl (C=O) groups is 2. The van der Waals surface area contributed by atoms with Gasteiger partial charge in [0, 0.05) is 49.1 Å². The first-order valence-corrected chi connectivity index (χ1v) is 11.8. The first-order valence-electron chi connectivity index (χ1n) is 10.7. The highest BCUT2D eigenvalue weighted by Gasteiger charge is 2.41. The summed E-state index contributed by atoms with van der Waals surface area (Å²) in [6.45, 7) is 5.60. The van der Waals surface area contributed by atoms with Crippen LogP contribution in [0.3, 0.4) is 0 Å². The third-order valence-corrected chi connectivity index (χ3v) is 7.16. The van der Waals surface area contributed by atoms with E-state index in [1.54, 1.807) is 11.8 Å². The fourth-order valence-electron chi connectivity index (χ4n) is 4.68. The molecular formula is C22H30IN3O3. The van der Waals surface area contributed by atoms with Crippen molar-refractivity contribution in [2.24, 2.45) is 0 Å². The third kappa shape index (κ3) is 4.87. The molecule has 1 aromatic carbocycles. The second kappa shape index (κ2) is 9.20. The van der Waals surface area contributed by atoms with Crippen LogP contribution in [0.15, 0.2) is 24.3 Å². The van der Waals surface area contributed by atoms with Crippen molar-refractivity contribution in [3.8, 4) is 5.75 Å². The van der Waals surface area contributed by atoms with Crippen molar-refractivity contribution in [2.75, 3.05) is 32.7 Å². The molecule has 0 unspecified atom stereocenters. The molecule has 2 amide bonds. The Labute approximate surface area is 186 Å². The van der Waals surface area contributed by atoms with Crippen LogP contribution in [0.25, 0.3) is 0 Å². The molecule has 3 fully saturated rings. The van der Waals surface area contributed by atoms with E-state index >= 15 is 0 Å². The molecule has 1 aliphatic carbocycles. The number of benzene rings is 1. The van der Waals surface area contributed by atoms with Crippen molar-refractivity contribution >= 4 is 34.4 Å². The number of ether oxygens (including phenoxy) is 1. The molecule has 3 aliphatic rings. The number of likely N-dealkylation sites (tertiary alicyclic amines) is 1. The summed E-state index contributed by atoms with van der Waals surface area (Å²) in [4.78, 5) is 31.8. The second-order valence-corrected chi connectivity index (χ2v) is 9.67. The van der Waals surface area contributed by atoms with Crippen molar-refractivity contribution in [3.05, 3.63) is 27.8 Å². The molecule has 0 radical (unpaired) electrons. The predicted octanol–water partition coefficient (Wildman–Crippen LogP) is 2.75. The molecule has 7 heteroatoms. The maximum absolute atomic E-state index is 13.3. The first kappa shape index (κ1) is 20.9. The van der Waals surface area contributed by atoms with E-state index in [4.69, 9.17) is 4.74 Å². The molecule has 2 atom stereocenters. The molecule has 2 saturated heterocycles. The van der Waals surface area contributed by atoms with Gasteiger partial charge >= 0.3 is 0 Å². The number of rotatable bonds is 4. The number of hydrogen-bond donors (Lipinski definition) is 0. The standard InChI is InChI=1S/C22H30IN3O3/c1-16(27)26-15-20(29-19-8-2-5-17(23)13-19)14-21(26)22(28)25-10-4-9-24(11-12-25)18-6-3-7-18/h2,5,8,13,18,20-21H,3-4,6-7,9-12,14-15H2,1H3/t20-,21-/m0/s1. The van der Waals surface area contributed by atoms with Crippen LogP contribution in [0.2, 0.25) is 0 Å². The Morgan fingerprint density at radius 3 is 2.62 bits per heavy atom. The average Bonchev–Trinajstić information content (AvgIpc) is 2.91. The number of amides is 2. The summed E-state index contributed by atoms with van der Waals surface area (Å²) in [5.74, 6) is 0.830. The van der Waals surface area contributed by atoms with E-state index in [0.29, 0.717) is 13.0 Å². The lowest BCUT2D eigenvalue weighted by Crippen LogP contribution is -2.48. The number of halogens is 1. The first-order chi connectivity index (χ1) is 14.0. The fourth-order valence-corrected chi connectivity index (χ4v) is 5.20. The van der Waals surface area contributed by atoms with Crippen LogP contribution in [0.1, 0.15) is 39.0 Å². The summed E-state index contributed by atoms with van der Waals surface area (Å²) in [5.41, 5.74) is 0. The summed E-state index contributed by atoms with van der Waals surface area (Å²) in [7, 11) is 0. The van der Waals surface area contributed by atoms with Crippen LogP contribution in [0, 0.1) is 3.57 Å². The van der Waals surface area contributed by atoms with Crippen LogP contribution in [-0.4, -0.2) is 77.4 Å². The van der Waals surface area contributed by atoms with Crippen LogP contribution in [0.4, 0.5) is 0 Å². The molecule has 158 valence electrons. The van der Waals surface area contributed by atoms with Crippen molar-refractivity contribution in [3.63, 3.8) is 0 Å². The molecular weight excluding hydrogens is 481 g/mol. The van der Waals surface area contributed by atoms with E-state index in [0.717, 1.165) is 48.0 Å². The largest absolute Gasteiger partial charge is 0.488 e. The molecule has 6 nitrogen and oxygen atoms in total. The Bertz CT molecular complexity index is 755. The lowest BCUT2D eigenvalue weighted by Gasteiger charge is -2.36. The fraction of sp³-hybridized carbons (Fsp3) is 0.636. The molecule has 0 bridgehead atoms. The minimum absolute atomic E-state index is 0.0528. The molecule has 0 N–H and O–H groups in total. The Morgan fingerprint density at radius 2 is 1.93 bits per heavy atom. The van der Waals surface area contributed by atoms with Gasteiger partial charge in [-0.2, -0.15) is 0 Å².